The van der Waals surface area contributed by atoms with Crippen molar-refractivity contribution in [2.24, 2.45) is 15.9 Å². The quantitative estimate of drug-likeness (QED) is 0.170. The van der Waals surface area contributed by atoms with Gasteiger partial charge in [-0.2, -0.15) is 0 Å². The van der Waals surface area contributed by atoms with Gasteiger partial charge < -0.3 is 8.98 Å². The predicted octanol–water partition coefficient (Wildman–Crippen LogP) is 16.2. The lowest BCUT2D eigenvalue weighted by Crippen LogP contribution is -2.17. The summed E-state index contributed by atoms with van der Waals surface area (Å²) in [5.74, 6) is 0.758. The van der Waals surface area contributed by atoms with Crippen molar-refractivity contribution in [3.63, 3.8) is 0 Å². The minimum atomic E-state index is 0.0999. The molecule has 0 amide bonds. The molecule has 12 aromatic rings. The standard InChI is InChI=1S/C59H39N3OS/c1-36-26-30-49(41-27-28-45-44-21-9-12-25-54(44)64-55(45)35-41)60-59(61-57(36)42-19-13-18-38(32-42)37-14-3-2-4-15-37)47-29-31-51(58-56(47)46-22-8-11-24-53(46)63-58)62-50-23-10-7-20-43(50)48-33-39-16-5-6-17-40(39)34-52(48)62/h2-25,27-36H,26H2,1H3/b49-30+,60-59?,61-57?. The molecule has 13 rings (SSSR count). The molecule has 1 aliphatic heterocycles. The molecule has 0 aliphatic carbocycles. The zero-order valence-electron chi connectivity index (χ0n) is 35.0. The number of rotatable bonds is 5. The van der Waals surface area contributed by atoms with E-state index in [9.17, 15) is 0 Å². The van der Waals surface area contributed by atoms with Crippen LogP contribution in [0, 0.1) is 5.92 Å². The number of para-hydroxylation sites is 2. The lowest BCUT2D eigenvalue weighted by Gasteiger charge is -2.19. The molecule has 0 radical (unpaired) electrons. The molecule has 1 unspecified atom stereocenters. The number of benzene rings is 9. The highest BCUT2D eigenvalue weighted by Gasteiger charge is 2.25. The number of allylic oxidation sites excluding steroid dienone is 1. The molecule has 0 spiro atoms. The van der Waals surface area contributed by atoms with E-state index in [0.29, 0.717) is 5.84 Å². The highest BCUT2D eigenvalue weighted by atomic mass is 32.1. The summed E-state index contributed by atoms with van der Waals surface area (Å²) in [7, 11) is 0. The van der Waals surface area contributed by atoms with Crippen molar-refractivity contribution < 1.29 is 4.42 Å². The number of thiophene rings is 1. The Morgan fingerprint density at radius 2 is 1.23 bits per heavy atom. The molecule has 9 aromatic carbocycles. The average molecular weight is 838 g/mol. The molecule has 0 fully saturated rings. The van der Waals surface area contributed by atoms with Crippen LogP contribution in [-0.2, 0) is 0 Å². The van der Waals surface area contributed by atoms with E-state index in [0.717, 1.165) is 78.7 Å². The minimum absolute atomic E-state index is 0.0999. The number of hydrogen-bond donors (Lipinski definition) is 0. The van der Waals surface area contributed by atoms with Crippen molar-refractivity contribution in [2.45, 2.75) is 13.3 Å². The Kier molecular flexibility index (Phi) is 8.40. The molecule has 0 saturated carbocycles. The molecule has 4 nitrogen and oxygen atoms in total. The van der Waals surface area contributed by atoms with Crippen molar-refractivity contribution in [1.29, 1.82) is 0 Å². The fourth-order valence-corrected chi connectivity index (χ4v) is 11.1. The summed E-state index contributed by atoms with van der Waals surface area (Å²) in [5.41, 5.74) is 12.2. The lowest BCUT2D eigenvalue weighted by atomic mass is 9.91. The van der Waals surface area contributed by atoms with Crippen LogP contribution >= 0.6 is 11.3 Å². The Morgan fingerprint density at radius 1 is 0.516 bits per heavy atom. The Balaban J connectivity index is 1.07. The summed E-state index contributed by atoms with van der Waals surface area (Å²) >= 11 is 1.83. The van der Waals surface area contributed by atoms with E-state index < -0.39 is 0 Å². The first kappa shape index (κ1) is 36.8. The average Bonchev–Trinajstić information content (AvgIpc) is 4.02. The zero-order chi connectivity index (χ0) is 42.3. The van der Waals surface area contributed by atoms with Gasteiger partial charge in [0.15, 0.2) is 11.4 Å². The second-order valence-corrected chi connectivity index (χ2v) is 18.0. The van der Waals surface area contributed by atoms with Gasteiger partial charge in [-0.25, -0.2) is 9.98 Å². The number of furan rings is 1. The SMILES string of the molecule is CC1C/C=C(\c2ccc3c(c2)sc2ccccc23)N=C(c2ccc(-n3c4ccccc4c4cc5ccccc5cc43)c3oc4ccccc4c23)N=C1c1cccc(-c2ccccc2)c1. The van der Waals surface area contributed by atoms with Crippen molar-refractivity contribution in [3.8, 4) is 16.8 Å². The maximum absolute atomic E-state index is 7.03. The van der Waals surface area contributed by atoms with Gasteiger partial charge in [0.2, 0.25) is 0 Å². The highest BCUT2D eigenvalue weighted by molar-refractivity contribution is 7.25. The van der Waals surface area contributed by atoms with Crippen molar-refractivity contribution in [2.75, 3.05) is 0 Å². The summed E-state index contributed by atoms with van der Waals surface area (Å²) in [6.45, 7) is 2.29. The molecular formula is C59H39N3OS. The Labute approximate surface area is 373 Å². The Hall–Kier alpha value is -7.86. The van der Waals surface area contributed by atoms with Crippen molar-refractivity contribution in [1.82, 2.24) is 4.57 Å². The number of aliphatic imine (C=N–C) groups is 2. The minimum Gasteiger partial charge on any atom is -0.454 e. The molecule has 0 bridgehead atoms. The number of amidine groups is 1. The van der Waals surface area contributed by atoms with E-state index in [4.69, 9.17) is 14.4 Å². The predicted molar refractivity (Wildman–Crippen MR) is 272 cm³/mol. The fraction of sp³-hybridized carbons (Fsp3) is 0.0508. The van der Waals surface area contributed by atoms with Gasteiger partial charge in [0, 0.05) is 58.8 Å². The molecule has 0 saturated heterocycles. The molecule has 0 N–H and O–H groups in total. The van der Waals surface area contributed by atoms with Gasteiger partial charge >= 0.3 is 0 Å². The first-order chi connectivity index (χ1) is 31.6. The second kappa shape index (κ2) is 14.6. The summed E-state index contributed by atoms with van der Waals surface area (Å²) in [5, 5.41) is 9.40. The first-order valence-corrected chi connectivity index (χ1v) is 22.8. The third-order valence-corrected chi connectivity index (χ3v) is 14.2. The zero-order valence-corrected chi connectivity index (χ0v) is 35.8. The monoisotopic (exact) mass is 837 g/mol. The van der Waals surface area contributed by atoms with Gasteiger partial charge in [0.25, 0.3) is 0 Å². The van der Waals surface area contributed by atoms with Crippen LogP contribution in [0.5, 0.6) is 0 Å². The number of hydrogen-bond acceptors (Lipinski definition) is 4. The largest absolute Gasteiger partial charge is 0.454 e. The van der Waals surface area contributed by atoms with Crippen LogP contribution in [0.3, 0.4) is 0 Å². The summed E-state index contributed by atoms with van der Waals surface area (Å²) < 4.78 is 11.9. The van der Waals surface area contributed by atoms with E-state index in [1.54, 1.807) is 0 Å². The van der Waals surface area contributed by atoms with Crippen molar-refractivity contribution in [3.05, 3.63) is 217 Å². The summed E-state index contributed by atoms with van der Waals surface area (Å²) in [4.78, 5) is 11.3. The molecule has 1 aliphatic rings. The van der Waals surface area contributed by atoms with Crippen molar-refractivity contribution >= 4 is 103 Å². The van der Waals surface area contributed by atoms with Gasteiger partial charge in [-0.1, -0.05) is 153 Å². The van der Waals surface area contributed by atoms with Crippen LogP contribution in [0.4, 0.5) is 0 Å². The van der Waals surface area contributed by atoms with Gasteiger partial charge in [0.1, 0.15) is 5.58 Å². The van der Waals surface area contributed by atoms with Crippen LogP contribution < -0.4 is 0 Å². The van der Waals surface area contributed by atoms with Crippen LogP contribution in [-0.4, -0.2) is 16.1 Å². The van der Waals surface area contributed by atoms with Gasteiger partial charge in [-0.05, 0) is 88.5 Å². The van der Waals surface area contributed by atoms with E-state index in [-0.39, 0.29) is 5.92 Å². The third-order valence-electron chi connectivity index (χ3n) is 13.1. The van der Waals surface area contributed by atoms with E-state index in [2.05, 4.69) is 206 Å². The van der Waals surface area contributed by atoms with Gasteiger partial charge in [-0.3, -0.25) is 0 Å². The van der Waals surface area contributed by atoms with Crippen LogP contribution in [0.15, 0.2) is 215 Å². The molecular weight excluding hydrogens is 799 g/mol. The normalized spacial score (nSPS) is 15.5. The number of aromatic nitrogens is 1. The molecule has 4 heterocycles. The highest BCUT2D eigenvalue weighted by Crippen LogP contribution is 2.42. The molecule has 5 heteroatoms. The molecule has 3 aromatic heterocycles. The fourth-order valence-electron chi connectivity index (χ4n) is 9.93. The maximum Gasteiger partial charge on any atom is 0.160 e. The molecule has 1 atom stereocenters. The Bertz CT molecular complexity index is 3950. The maximum atomic E-state index is 7.03. The van der Waals surface area contributed by atoms with Gasteiger partial charge in [0.05, 0.1) is 28.1 Å². The van der Waals surface area contributed by atoms with Crippen LogP contribution in [0.1, 0.15) is 30.0 Å². The van der Waals surface area contributed by atoms with E-state index in [1.165, 1.54) is 47.3 Å². The molecule has 64 heavy (non-hydrogen) atoms. The third kappa shape index (κ3) is 5.89. The van der Waals surface area contributed by atoms with Gasteiger partial charge in [-0.15, -0.1) is 11.3 Å². The number of nitrogens with zero attached hydrogens (tertiary/aromatic N) is 3. The van der Waals surface area contributed by atoms with E-state index >= 15 is 0 Å². The second-order valence-electron chi connectivity index (χ2n) is 16.9. The lowest BCUT2D eigenvalue weighted by molar-refractivity contribution is 0.666. The molecule has 302 valence electrons. The Morgan fingerprint density at radius 3 is 2.12 bits per heavy atom. The van der Waals surface area contributed by atoms with Crippen LogP contribution in [0.2, 0.25) is 0 Å². The number of fused-ring (bicyclic) bond motifs is 10. The van der Waals surface area contributed by atoms with Crippen LogP contribution in [0.25, 0.3) is 97.2 Å². The summed E-state index contributed by atoms with van der Waals surface area (Å²) in [6, 6.07) is 69.6. The van der Waals surface area contributed by atoms with E-state index in [1.807, 2.05) is 17.4 Å². The summed E-state index contributed by atoms with van der Waals surface area (Å²) in [6.07, 6.45) is 3.10. The topological polar surface area (TPSA) is 42.8 Å². The first-order valence-electron chi connectivity index (χ1n) is 21.9. The smallest absolute Gasteiger partial charge is 0.160 e.